The molecule has 25 heteroatoms. The number of Topliss-reactive ketones (excluding diaryl/α,β-unsaturated/α-hetero) is 1. The smallest absolute Gasteiger partial charge is 0.430 e. The number of carboxylic acid groups (broad SMARTS) is 2. The van der Waals surface area contributed by atoms with Gasteiger partial charge < -0.3 is 31.1 Å². The van der Waals surface area contributed by atoms with Crippen LogP contribution < -0.4 is 10.6 Å². The Bertz CT molecular complexity index is 2440. The van der Waals surface area contributed by atoms with Crippen LogP contribution in [-0.4, -0.2) is 82.0 Å². The van der Waals surface area contributed by atoms with Crippen molar-refractivity contribution in [2.75, 3.05) is 17.7 Å². The van der Waals surface area contributed by atoms with Gasteiger partial charge in [0.2, 0.25) is 0 Å². The molecule has 1 amide bonds. The van der Waals surface area contributed by atoms with Gasteiger partial charge in [-0.2, -0.15) is 65.9 Å². The number of carbonyl (C=O) groups is 4. The minimum absolute atomic E-state index is 0.0643. The van der Waals surface area contributed by atoms with E-state index in [0.717, 1.165) is 14.0 Å². The molecular weight excluding hydrogens is 897 g/mol. The predicted octanol–water partition coefficient (Wildman–Crippen LogP) is 9.57. The van der Waals surface area contributed by atoms with E-state index in [4.69, 9.17) is 0 Å². The van der Waals surface area contributed by atoms with Crippen molar-refractivity contribution < 1.29 is 105 Å². The highest BCUT2D eigenvalue weighted by molar-refractivity contribution is 6.11. The number of nitrogens with one attached hydrogen (secondary N) is 2. The number of amides is 1. The molecule has 0 aromatic heterocycles. The van der Waals surface area contributed by atoms with E-state index in [2.05, 4.69) is 5.32 Å². The van der Waals surface area contributed by atoms with E-state index in [0.29, 0.717) is 42.5 Å². The first-order valence-electron chi connectivity index (χ1n) is 16.9. The molecule has 0 radical (unpaired) electrons. The van der Waals surface area contributed by atoms with Gasteiger partial charge in [0, 0.05) is 35.1 Å². The second kappa shape index (κ2) is 16.4. The molecule has 0 spiro atoms. The Morgan fingerprint density at radius 2 is 0.873 bits per heavy atom. The molecule has 0 aliphatic rings. The highest BCUT2D eigenvalue weighted by Gasteiger charge is 2.72. The minimum atomic E-state index is -6.74. The fourth-order valence-electron chi connectivity index (χ4n) is 6.30. The molecule has 4 aromatic rings. The van der Waals surface area contributed by atoms with E-state index in [1.807, 2.05) is 0 Å². The first-order valence-corrected chi connectivity index (χ1v) is 16.9. The van der Waals surface area contributed by atoms with Gasteiger partial charge in [-0.05, 0) is 89.8 Å². The van der Waals surface area contributed by atoms with Crippen LogP contribution in [-0.2, 0) is 11.2 Å². The van der Waals surface area contributed by atoms with Crippen molar-refractivity contribution in [3.63, 3.8) is 0 Å². The zero-order chi connectivity index (χ0) is 48.2. The second-order valence-electron chi connectivity index (χ2n) is 13.5. The molecular formula is C38H25F15N2O8. The molecule has 0 saturated heterocycles. The maximum absolute atomic E-state index is 14.7. The van der Waals surface area contributed by atoms with E-state index < -0.39 is 139 Å². The number of aliphatic hydroxyl groups is 2. The molecule has 0 aliphatic heterocycles. The minimum Gasteiger partial charge on any atom is -0.478 e. The average Bonchev–Trinajstić information content (AvgIpc) is 3.14. The third-order valence-electron chi connectivity index (χ3n) is 9.39. The summed E-state index contributed by atoms with van der Waals surface area (Å²) in [6, 6.07) is 3.25. The van der Waals surface area contributed by atoms with Gasteiger partial charge >= 0.3 is 42.8 Å². The summed E-state index contributed by atoms with van der Waals surface area (Å²) < 4.78 is 212. The molecule has 340 valence electrons. The Morgan fingerprint density at radius 3 is 1.22 bits per heavy atom. The summed E-state index contributed by atoms with van der Waals surface area (Å²) >= 11 is 0. The lowest BCUT2D eigenvalue weighted by Crippen LogP contribution is -2.54. The maximum Gasteiger partial charge on any atom is 0.430 e. The van der Waals surface area contributed by atoms with Crippen LogP contribution in [0.4, 0.5) is 77.2 Å². The van der Waals surface area contributed by atoms with Crippen LogP contribution in [0.25, 0.3) is 11.1 Å². The zero-order valence-corrected chi connectivity index (χ0v) is 31.1. The van der Waals surface area contributed by atoms with Crippen molar-refractivity contribution >= 4 is 35.0 Å². The van der Waals surface area contributed by atoms with Crippen molar-refractivity contribution in [3.8, 4) is 11.1 Å². The number of halogens is 15. The van der Waals surface area contributed by atoms with Gasteiger partial charge in [-0.15, -0.1) is 0 Å². The number of carbonyl (C=O) groups excluding carboxylic acids is 2. The van der Waals surface area contributed by atoms with Gasteiger partial charge in [-0.25, -0.2) is 9.59 Å². The van der Waals surface area contributed by atoms with Crippen molar-refractivity contribution in [2.45, 2.75) is 54.9 Å². The molecule has 0 bridgehead atoms. The number of hydrogen-bond acceptors (Lipinski definition) is 7. The van der Waals surface area contributed by atoms with Crippen LogP contribution in [0.15, 0.2) is 72.8 Å². The van der Waals surface area contributed by atoms with E-state index in [-0.39, 0.29) is 30.3 Å². The molecule has 4 aromatic carbocycles. The number of alkyl halides is 15. The third-order valence-corrected chi connectivity index (χ3v) is 9.39. The molecule has 0 fully saturated rings. The van der Waals surface area contributed by atoms with Gasteiger partial charge in [-0.1, -0.05) is 12.1 Å². The van der Waals surface area contributed by atoms with Crippen molar-refractivity contribution in [1.82, 2.24) is 0 Å². The van der Waals surface area contributed by atoms with Crippen molar-refractivity contribution in [1.29, 1.82) is 0 Å². The normalized spacial score (nSPS) is 13.6. The Morgan fingerprint density at radius 1 is 0.508 bits per heavy atom. The number of anilines is 2. The molecule has 6 N–H and O–H groups in total. The number of aromatic carboxylic acids is 2. The van der Waals surface area contributed by atoms with Crippen molar-refractivity contribution in [3.05, 3.63) is 117 Å². The van der Waals surface area contributed by atoms with Crippen molar-refractivity contribution in [2.24, 2.45) is 0 Å². The van der Waals surface area contributed by atoms with Gasteiger partial charge in [-0.3, -0.25) is 9.59 Å². The number of ketones is 1. The lowest BCUT2D eigenvalue weighted by Gasteiger charge is -2.34. The van der Waals surface area contributed by atoms with Gasteiger partial charge in [0.25, 0.3) is 17.1 Å². The summed E-state index contributed by atoms with van der Waals surface area (Å²) in [4.78, 5) is 49.6. The van der Waals surface area contributed by atoms with Gasteiger partial charge in [0.1, 0.15) is 5.92 Å². The van der Waals surface area contributed by atoms with Gasteiger partial charge in [0.05, 0.1) is 16.7 Å². The number of hydrogen-bond donors (Lipinski definition) is 6. The van der Waals surface area contributed by atoms with Crippen LogP contribution in [0.2, 0.25) is 0 Å². The molecule has 63 heavy (non-hydrogen) atoms. The van der Waals surface area contributed by atoms with Crippen LogP contribution in [0, 0.1) is 0 Å². The summed E-state index contributed by atoms with van der Waals surface area (Å²) in [5, 5.41) is 43.2. The third kappa shape index (κ3) is 9.23. The average molecular weight is 923 g/mol. The zero-order valence-electron chi connectivity index (χ0n) is 31.1. The molecule has 0 aliphatic carbocycles. The molecule has 0 heterocycles. The first-order chi connectivity index (χ1) is 28.5. The highest BCUT2D eigenvalue weighted by Crippen LogP contribution is 2.53. The molecule has 4 rings (SSSR count). The van der Waals surface area contributed by atoms with Gasteiger partial charge in [0.15, 0.2) is 5.78 Å². The largest absolute Gasteiger partial charge is 0.478 e. The Balaban J connectivity index is 2.04. The van der Waals surface area contributed by atoms with Crippen LogP contribution in [0.3, 0.4) is 0 Å². The summed E-state index contributed by atoms with van der Waals surface area (Å²) in [6.45, 7) is 0.810. The number of carboxylic acids is 2. The van der Waals surface area contributed by atoms with Crippen LogP contribution >= 0.6 is 0 Å². The maximum atomic E-state index is 14.7. The summed E-state index contributed by atoms with van der Waals surface area (Å²) in [5.41, 5.74) is -26.5. The Kier molecular flexibility index (Phi) is 12.8. The summed E-state index contributed by atoms with van der Waals surface area (Å²) in [7, 11) is 0.877. The lowest BCUT2D eigenvalue weighted by molar-refractivity contribution is -0.376. The number of benzene rings is 4. The lowest BCUT2D eigenvalue weighted by atomic mass is 9.86. The molecule has 1 unspecified atom stereocenters. The van der Waals surface area contributed by atoms with E-state index in [1.54, 1.807) is 5.32 Å². The van der Waals surface area contributed by atoms with E-state index in [9.17, 15) is 105 Å². The highest BCUT2D eigenvalue weighted by atomic mass is 19.4. The topological polar surface area (TPSA) is 173 Å². The standard InChI is InChI=1S/C38H25F15N2O8/c1-15(56)26-11-16(3-5-24(26)30(58)59)28(34(39,40)41)17-4-6-25(31(60)61)27(12-17)29(57)55-23-10-19(8-21(14-23)33(63,37(48,49)50)38(51,52)53)18-7-20(13-22(9-18)54-2)32(62,35(42,43)44)36(45,46)47/h3-14,28,54,62-63H,1-2H3,(H,55,57)(H,58,59)(H,60,61). The van der Waals surface area contributed by atoms with E-state index in [1.165, 1.54) is 0 Å². The summed E-state index contributed by atoms with van der Waals surface area (Å²) in [5.74, 6) is -9.66. The fourth-order valence-corrected chi connectivity index (χ4v) is 6.30. The number of rotatable bonds is 11. The Hall–Kier alpha value is -6.37. The quantitative estimate of drug-likeness (QED) is 0.0633. The van der Waals surface area contributed by atoms with E-state index >= 15 is 0 Å². The van der Waals surface area contributed by atoms with Crippen LogP contribution in [0.1, 0.15) is 76.5 Å². The summed E-state index contributed by atoms with van der Waals surface area (Å²) in [6.07, 6.45) is -32.0. The second-order valence-corrected chi connectivity index (χ2v) is 13.5. The first kappa shape index (κ1) is 49.3. The molecule has 0 saturated carbocycles. The Labute approximate surface area is 341 Å². The fraction of sp³-hybridized carbons (Fsp3) is 0.263. The SMILES string of the molecule is CNc1cc(-c2cc(NC(=O)c3cc(C(c4ccc(C(=O)O)c(C(C)=O)c4)C(F)(F)F)ccc3C(=O)O)cc(C(O)(C(F)(F)F)C(F)(F)F)c2)cc(C(O)(C(F)(F)F)C(F)(F)F)c1. The monoisotopic (exact) mass is 922 g/mol. The van der Waals surface area contributed by atoms with Crippen LogP contribution in [0.5, 0.6) is 0 Å². The molecule has 1 atom stereocenters. The molecule has 10 nitrogen and oxygen atoms in total. The predicted molar refractivity (Wildman–Crippen MR) is 186 cm³/mol.